The molecule has 94 valence electrons. The number of methoxy groups -OCH3 is 2. The maximum Gasteiger partial charge on any atom is 0.308 e. The third-order valence-electron chi connectivity index (χ3n) is 2.38. The molecule has 0 spiro atoms. The second-order valence-electron chi connectivity index (χ2n) is 3.66. The summed E-state index contributed by atoms with van der Waals surface area (Å²) in [6.45, 7) is 1.71. The van der Waals surface area contributed by atoms with Crippen molar-refractivity contribution < 1.29 is 23.8 Å². The van der Waals surface area contributed by atoms with Crippen LogP contribution >= 0.6 is 0 Å². The third kappa shape index (κ3) is 3.17. The van der Waals surface area contributed by atoms with Crippen LogP contribution in [0.4, 0.5) is 4.39 Å². The number of esters is 1. The Hall–Kier alpha value is -1.62. The minimum atomic E-state index is -1.28. The van der Waals surface area contributed by atoms with Crippen molar-refractivity contribution in [2.24, 2.45) is 0 Å². The van der Waals surface area contributed by atoms with Gasteiger partial charge in [-0.05, 0) is 24.6 Å². The molecule has 0 saturated heterocycles. The molecule has 0 saturated carbocycles. The fourth-order valence-corrected chi connectivity index (χ4v) is 1.56. The highest BCUT2D eigenvalue weighted by Crippen LogP contribution is 2.31. The minimum absolute atomic E-state index is 0.0245. The number of benzene rings is 1. The molecule has 0 bridgehead atoms. The van der Waals surface area contributed by atoms with Crippen molar-refractivity contribution in [2.75, 3.05) is 14.2 Å². The highest BCUT2D eigenvalue weighted by Gasteiger charge is 2.21. The fraction of sp³-hybridized carbons (Fsp3) is 0.417. The first kappa shape index (κ1) is 13.4. The van der Waals surface area contributed by atoms with Gasteiger partial charge in [0, 0.05) is 0 Å². The van der Waals surface area contributed by atoms with Crippen molar-refractivity contribution in [1.29, 1.82) is 0 Å². The summed E-state index contributed by atoms with van der Waals surface area (Å²) in [4.78, 5) is 11.0. The van der Waals surface area contributed by atoms with E-state index < -0.39 is 17.9 Å². The molecule has 1 aromatic carbocycles. The molecule has 1 aromatic rings. The summed E-state index contributed by atoms with van der Waals surface area (Å²) in [5, 5.41) is 9.78. The Morgan fingerprint density at radius 2 is 2.12 bits per heavy atom. The number of carbonyl (C=O) groups excluding carboxylic acids is 1. The number of ether oxygens (including phenoxy) is 2. The smallest absolute Gasteiger partial charge is 0.308 e. The molecular weight excluding hydrogens is 227 g/mol. The Morgan fingerprint density at radius 1 is 1.47 bits per heavy atom. The Morgan fingerprint density at radius 3 is 2.65 bits per heavy atom. The SMILES string of the molecule is COC(=O)C[C@@H](O)c1c(F)cc(C)cc1OC. The van der Waals surface area contributed by atoms with Gasteiger partial charge >= 0.3 is 5.97 Å². The highest BCUT2D eigenvalue weighted by atomic mass is 19.1. The van der Waals surface area contributed by atoms with E-state index in [4.69, 9.17) is 4.74 Å². The van der Waals surface area contributed by atoms with Crippen LogP contribution in [0.5, 0.6) is 5.75 Å². The lowest BCUT2D eigenvalue weighted by Crippen LogP contribution is -2.11. The molecule has 1 atom stereocenters. The van der Waals surface area contributed by atoms with Crippen LogP contribution in [0.3, 0.4) is 0 Å². The van der Waals surface area contributed by atoms with Crippen LogP contribution in [-0.2, 0) is 9.53 Å². The van der Waals surface area contributed by atoms with Gasteiger partial charge in [-0.1, -0.05) is 0 Å². The molecule has 17 heavy (non-hydrogen) atoms. The van der Waals surface area contributed by atoms with Crippen molar-refractivity contribution in [1.82, 2.24) is 0 Å². The van der Waals surface area contributed by atoms with E-state index >= 15 is 0 Å². The predicted octanol–water partition coefficient (Wildman–Crippen LogP) is 1.74. The van der Waals surface area contributed by atoms with E-state index in [1.54, 1.807) is 13.0 Å². The van der Waals surface area contributed by atoms with Crippen LogP contribution in [0.25, 0.3) is 0 Å². The lowest BCUT2D eigenvalue weighted by molar-refractivity contribution is -0.142. The first-order valence-corrected chi connectivity index (χ1v) is 5.08. The second-order valence-corrected chi connectivity index (χ2v) is 3.66. The number of rotatable bonds is 4. The Kier molecular flexibility index (Phi) is 4.45. The summed E-state index contributed by atoms with van der Waals surface area (Å²) < 4.78 is 23.1. The topological polar surface area (TPSA) is 55.8 Å². The first-order valence-electron chi connectivity index (χ1n) is 5.08. The van der Waals surface area contributed by atoms with Crippen molar-refractivity contribution >= 4 is 5.97 Å². The van der Waals surface area contributed by atoms with Gasteiger partial charge < -0.3 is 14.6 Å². The minimum Gasteiger partial charge on any atom is -0.496 e. The monoisotopic (exact) mass is 242 g/mol. The van der Waals surface area contributed by atoms with Gasteiger partial charge in [0.15, 0.2) is 0 Å². The summed E-state index contributed by atoms with van der Waals surface area (Å²) in [5.74, 6) is -0.989. The van der Waals surface area contributed by atoms with Crippen LogP contribution in [0.15, 0.2) is 12.1 Å². The van der Waals surface area contributed by atoms with Crippen LogP contribution < -0.4 is 4.74 Å². The van der Waals surface area contributed by atoms with Crippen LogP contribution in [0.2, 0.25) is 0 Å². The van der Waals surface area contributed by atoms with Gasteiger partial charge in [-0.25, -0.2) is 4.39 Å². The summed E-state index contributed by atoms with van der Waals surface area (Å²) in [6, 6.07) is 2.87. The van der Waals surface area contributed by atoms with Crippen molar-refractivity contribution in [3.05, 3.63) is 29.1 Å². The molecular formula is C12H15FO4. The normalized spacial score (nSPS) is 12.1. The molecule has 0 aliphatic heterocycles. The van der Waals surface area contributed by atoms with Gasteiger partial charge in [0.25, 0.3) is 0 Å². The summed E-state index contributed by atoms with van der Waals surface area (Å²) in [6.07, 6.45) is -1.59. The maximum atomic E-state index is 13.7. The zero-order valence-electron chi connectivity index (χ0n) is 9.99. The largest absolute Gasteiger partial charge is 0.496 e. The van der Waals surface area contributed by atoms with Crippen LogP contribution in [-0.4, -0.2) is 25.3 Å². The fourth-order valence-electron chi connectivity index (χ4n) is 1.56. The van der Waals surface area contributed by atoms with E-state index in [2.05, 4.69) is 4.74 Å². The molecule has 0 unspecified atom stereocenters. The standard InChI is InChI=1S/C12H15FO4/c1-7-4-8(13)12(10(5-7)16-2)9(14)6-11(15)17-3/h4-5,9,14H,6H2,1-3H3/t9-/m1/s1. The third-order valence-corrected chi connectivity index (χ3v) is 2.38. The van der Waals surface area contributed by atoms with Crippen LogP contribution in [0, 0.1) is 12.7 Å². The number of hydrogen-bond donors (Lipinski definition) is 1. The Labute approximate surface area is 99.0 Å². The summed E-state index contributed by atoms with van der Waals surface area (Å²) in [7, 11) is 2.58. The Balaban J connectivity index is 3.07. The molecule has 1 N–H and O–H groups in total. The number of aryl methyl sites for hydroxylation is 1. The average molecular weight is 242 g/mol. The van der Waals surface area contributed by atoms with E-state index in [0.717, 1.165) is 0 Å². The molecule has 0 radical (unpaired) electrons. The van der Waals surface area contributed by atoms with E-state index in [1.165, 1.54) is 20.3 Å². The van der Waals surface area contributed by atoms with Crippen molar-refractivity contribution in [3.8, 4) is 5.75 Å². The molecule has 0 aliphatic rings. The number of aliphatic hydroxyl groups is 1. The highest BCUT2D eigenvalue weighted by molar-refractivity contribution is 5.70. The molecule has 0 amide bonds. The molecule has 5 heteroatoms. The van der Waals surface area contributed by atoms with Crippen LogP contribution in [0.1, 0.15) is 23.7 Å². The molecule has 0 aliphatic carbocycles. The van der Waals surface area contributed by atoms with Gasteiger partial charge in [-0.15, -0.1) is 0 Å². The molecule has 1 rings (SSSR count). The quantitative estimate of drug-likeness (QED) is 0.817. The second kappa shape index (κ2) is 5.63. The maximum absolute atomic E-state index is 13.7. The number of halogens is 1. The zero-order chi connectivity index (χ0) is 13.0. The lowest BCUT2D eigenvalue weighted by Gasteiger charge is -2.15. The number of hydrogen-bond acceptors (Lipinski definition) is 4. The van der Waals surface area contributed by atoms with Gasteiger partial charge in [-0.3, -0.25) is 4.79 Å². The lowest BCUT2D eigenvalue weighted by atomic mass is 10.0. The molecule has 0 fully saturated rings. The predicted molar refractivity (Wildman–Crippen MR) is 59.3 cm³/mol. The number of aliphatic hydroxyl groups excluding tert-OH is 1. The van der Waals surface area contributed by atoms with Crippen molar-refractivity contribution in [2.45, 2.75) is 19.4 Å². The summed E-state index contributed by atoms with van der Waals surface area (Å²) in [5.41, 5.74) is 0.650. The van der Waals surface area contributed by atoms with E-state index in [-0.39, 0.29) is 17.7 Å². The van der Waals surface area contributed by atoms with E-state index in [1.807, 2.05) is 0 Å². The van der Waals surface area contributed by atoms with Gasteiger partial charge in [0.05, 0.1) is 32.3 Å². The van der Waals surface area contributed by atoms with Gasteiger partial charge in [0.2, 0.25) is 0 Å². The first-order chi connectivity index (χ1) is 7.99. The van der Waals surface area contributed by atoms with Crippen molar-refractivity contribution in [3.63, 3.8) is 0 Å². The molecule has 4 nitrogen and oxygen atoms in total. The average Bonchev–Trinajstić information content (AvgIpc) is 2.27. The van der Waals surface area contributed by atoms with E-state index in [9.17, 15) is 14.3 Å². The molecule has 0 heterocycles. The Bertz CT molecular complexity index is 417. The van der Waals surface area contributed by atoms with Gasteiger partial charge in [-0.2, -0.15) is 0 Å². The van der Waals surface area contributed by atoms with E-state index in [0.29, 0.717) is 5.56 Å². The summed E-state index contributed by atoms with van der Waals surface area (Å²) >= 11 is 0. The molecule has 0 aromatic heterocycles. The van der Waals surface area contributed by atoms with Gasteiger partial charge in [0.1, 0.15) is 11.6 Å². The number of carbonyl (C=O) groups is 1. The zero-order valence-corrected chi connectivity index (χ0v) is 9.99.